The molecule has 0 aliphatic heterocycles. The SMILES string of the molecule is CS(F)(F)CCCNS(C)(=O)=O. The summed E-state index contributed by atoms with van der Waals surface area (Å²) < 4.78 is 47.6. The van der Waals surface area contributed by atoms with E-state index in [9.17, 15) is 16.2 Å². The van der Waals surface area contributed by atoms with Gasteiger partial charge in [0.25, 0.3) is 0 Å². The maximum atomic E-state index is 12.2. The van der Waals surface area contributed by atoms with Crippen LogP contribution in [0.5, 0.6) is 0 Å². The van der Waals surface area contributed by atoms with Crippen molar-refractivity contribution in [3.05, 3.63) is 0 Å². The van der Waals surface area contributed by atoms with Gasteiger partial charge in [-0.1, -0.05) is 0 Å². The van der Waals surface area contributed by atoms with Crippen molar-refractivity contribution in [2.75, 3.05) is 24.8 Å². The number of halogens is 2. The van der Waals surface area contributed by atoms with E-state index in [0.717, 1.165) is 12.5 Å². The first-order chi connectivity index (χ1) is 5.21. The monoisotopic (exact) mass is 221 g/mol. The Morgan fingerprint density at radius 1 is 1.25 bits per heavy atom. The van der Waals surface area contributed by atoms with E-state index < -0.39 is 20.8 Å². The Morgan fingerprint density at radius 3 is 2.08 bits per heavy atom. The van der Waals surface area contributed by atoms with Gasteiger partial charge in [0.1, 0.15) is 0 Å². The van der Waals surface area contributed by atoms with Crippen molar-refractivity contribution < 1.29 is 16.2 Å². The van der Waals surface area contributed by atoms with Crippen LogP contribution in [0.1, 0.15) is 6.42 Å². The van der Waals surface area contributed by atoms with Crippen LogP contribution in [0.2, 0.25) is 0 Å². The van der Waals surface area contributed by atoms with Crippen LogP contribution in [-0.4, -0.2) is 33.2 Å². The maximum Gasteiger partial charge on any atom is 0.208 e. The van der Waals surface area contributed by atoms with Gasteiger partial charge in [-0.3, -0.25) is 0 Å². The highest BCUT2D eigenvalue weighted by Gasteiger charge is 2.13. The van der Waals surface area contributed by atoms with Gasteiger partial charge in [-0.2, -0.15) is 7.77 Å². The number of rotatable bonds is 5. The smallest absolute Gasteiger partial charge is 0.208 e. The first kappa shape index (κ1) is 12.1. The van der Waals surface area contributed by atoms with Gasteiger partial charge in [0, 0.05) is 18.6 Å². The normalized spacial score (nSPS) is 14.7. The molecule has 0 aromatic rings. The van der Waals surface area contributed by atoms with Crippen molar-refractivity contribution in [1.29, 1.82) is 0 Å². The van der Waals surface area contributed by atoms with Crippen LogP contribution in [0.15, 0.2) is 0 Å². The molecule has 0 rings (SSSR count). The lowest BCUT2D eigenvalue weighted by molar-refractivity contribution is 0.586. The third-order valence-electron chi connectivity index (χ3n) is 1.04. The second-order valence-corrected chi connectivity index (χ2v) is 6.59. The Morgan fingerprint density at radius 2 is 1.75 bits per heavy atom. The predicted octanol–water partition coefficient (Wildman–Crippen LogP) is 1.13. The largest absolute Gasteiger partial charge is 0.215 e. The minimum absolute atomic E-state index is 0.0925. The average molecular weight is 221 g/mol. The topological polar surface area (TPSA) is 46.2 Å². The summed E-state index contributed by atoms with van der Waals surface area (Å²) in [7, 11) is -6.70. The van der Waals surface area contributed by atoms with E-state index in [-0.39, 0.29) is 18.7 Å². The van der Waals surface area contributed by atoms with Gasteiger partial charge in [0.05, 0.1) is 17.1 Å². The predicted molar refractivity (Wildman–Crippen MR) is 48.1 cm³/mol. The van der Waals surface area contributed by atoms with E-state index in [0.29, 0.717) is 0 Å². The van der Waals surface area contributed by atoms with Crippen LogP contribution in [0.3, 0.4) is 0 Å². The summed E-state index contributed by atoms with van der Waals surface area (Å²) >= 11 is 0. The number of hydrogen-bond donors (Lipinski definition) is 1. The number of nitrogens with one attached hydrogen (secondary N) is 1. The van der Waals surface area contributed by atoms with E-state index in [1.54, 1.807) is 0 Å². The fraction of sp³-hybridized carbons (Fsp3) is 1.00. The summed E-state index contributed by atoms with van der Waals surface area (Å²) in [5, 5.41) is 0. The van der Waals surface area contributed by atoms with Gasteiger partial charge in [0.15, 0.2) is 0 Å². The third kappa shape index (κ3) is 10.1. The highest BCUT2D eigenvalue weighted by Crippen LogP contribution is 2.47. The molecule has 3 nitrogen and oxygen atoms in total. The molecule has 76 valence electrons. The summed E-state index contributed by atoms with van der Waals surface area (Å²) in [6, 6.07) is 0. The average Bonchev–Trinajstić information content (AvgIpc) is 1.76. The molecule has 0 heterocycles. The Kier molecular flexibility index (Phi) is 4.43. The fourth-order valence-corrected chi connectivity index (χ4v) is 1.75. The van der Waals surface area contributed by atoms with Crippen LogP contribution in [0, 0.1) is 0 Å². The van der Waals surface area contributed by atoms with Crippen molar-refractivity contribution >= 4 is 20.8 Å². The van der Waals surface area contributed by atoms with E-state index in [1.165, 1.54) is 0 Å². The van der Waals surface area contributed by atoms with Crippen LogP contribution in [-0.2, 0) is 10.0 Å². The van der Waals surface area contributed by atoms with Crippen molar-refractivity contribution in [3.63, 3.8) is 0 Å². The van der Waals surface area contributed by atoms with E-state index in [4.69, 9.17) is 0 Å². The molecular formula is C5H13F2NO2S2. The lowest BCUT2D eigenvalue weighted by Gasteiger charge is -2.13. The molecule has 0 aromatic carbocycles. The van der Waals surface area contributed by atoms with Gasteiger partial charge < -0.3 is 0 Å². The Labute approximate surface area is 73.5 Å². The lowest BCUT2D eigenvalue weighted by atomic mass is 10.5. The molecule has 0 atom stereocenters. The molecule has 12 heavy (non-hydrogen) atoms. The molecule has 0 aromatic heterocycles. The second kappa shape index (κ2) is 4.38. The van der Waals surface area contributed by atoms with Crippen LogP contribution in [0.4, 0.5) is 7.77 Å². The minimum Gasteiger partial charge on any atom is -0.215 e. The van der Waals surface area contributed by atoms with Crippen LogP contribution >= 0.6 is 10.8 Å². The molecule has 1 N–H and O–H groups in total. The highest BCUT2D eigenvalue weighted by molar-refractivity contribution is 8.24. The molecule has 7 heteroatoms. The highest BCUT2D eigenvalue weighted by atomic mass is 32.3. The molecule has 0 spiro atoms. The zero-order valence-corrected chi connectivity index (χ0v) is 8.64. The lowest BCUT2D eigenvalue weighted by Crippen LogP contribution is -2.23. The van der Waals surface area contributed by atoms with E-state index >= 15 is 0 Å². The molecule has 0 aliphatic rings. The van der Waals surface area contributed by atoms with Crippen LogP contribution in [0.25, 0.3) is 0 Å². The van der Waals surface area contributed by atoms with Gasteiger partial charge in [-0.25, -0.2) is 13.1 Å². The molecule has 0 saturated heterocycles. The Balaban J connectivity index is 3.48. The zero-order chi connectivity index (χ0) is 9.83. The standard InChI is InChI=1S/C5H13F2NO2S2/c1-11(6,7)5-3-4-8-12(2,9)10/h8H,3-5H2,1-2H3. The first-order valence-corrected chi connectivity index (χ1v) is 7.21. The molecule has 0 aliphatic carbocycles. The first-order valence-electron chi connectivity index (χ1n) is 3.30. The van der Waals surface area contributed by atoms with Gasteiger partial charge in [-0.05, 0) is 6.42 Å². The summed E-state index contributed by atoms with van der Waals surface area (Å²) in [5.41, 5.74) is 0. The summed E-state index contributed by atoms with van der Waals surface area (Å²) in [6.07, 6.45) is 2.09. The Hall–Kier alpha value is 0.120. The summed E-state index contributed by atoms with van der Waals surface area (Å²) in [6.45, 7) is 0.0925. The van der Waals surface area contributed by atoms with Crippen molar-refractivity contribution in [2.24, 2.45) is 0 Å². The molecular weight excluding hydrogens is 208 g/mol. The fourth-order valence-electron chi connectivity index (χ4n) is 0.583. The second-order valence-electron chi connectivity index (χ2n) is 2.60. The summed E-state index contributed by atoms with van der Waals surface area (Å²) in [4.78, 5) is 0. The molecule has 0 amide bonds. The van der Waals surface area contributed by atoms with Crippen molar-refractivity contribution in [2.45, 2.75) is 6.42 Å². The number of hydrogen-bond acceptors (Lipinski definition) is 2. The minimum atomic E-state index is -3.48. The maximum absolute atomic E-state index is 12.2. The van der Waals surface area contributed by atoms with Gasteiger partial charge in [-0.15, -0.1) is 0 Å². The van der Waals surface area contributed by atoms with E-state index in [1.807, 2.05) is 0 Å². The van der Waals surface area contributed by atoms with Crippen molar-refractivity contribution in [3.8, 4) is 0 Å². The molecule has 0 saturated carbocycles. The third-order valence-corrected chi connectivity index (χ3v) is 2.78. The van der Waals surface area contributed by atoms with Crippen molar-refractivity contribution in [1.82, 2.24) is 4.72 Å². The van der Waals surface area contributed by atoms with E-state index in [2.05, 4.69) is 4.72 Å². The summed E-state index contributed by atoms with van der Waals surface area (Å²) in [5.74, 6) is -0.213. The Bertz CT molecular complexity index is 222. The van der Waals surface area contributed by atoms with Gasteiger partial charge >= 0.3 is 0 Å². The molecule has 0 unspecified atom stereocenters. The quantitative estimate of drug-likeness (QED) is 0.707. The zero-order valence-electron chi connectivity index (χ0n) is 7.01. The van der Waals surface area contributed by atoms with Crippen LogP contribution < -0.4 is 4.72 Å². The van der Waals surface area contributed by atoms with Gasteiger partial charge in [0.2, 0.25) is 10.0 Å². The molecule has 0 bridgehead atoms. The molecule has 0 radical (unpaired) electrons. The molecule has 0 fully saturated rings. The number of sulfonamides is 1.